The van der Waals surface area contributed by atoms with Gasteiger partial charge < -0.3 is 16.4 Å². The molecule has 0 aliphatic carbocycles. The molecule has 0 spiro atoms. The van der Waals surface area contributed by atoms with Crippen molar-refractivity contribution in [2.75, 3.05) is 5.32 Å². The number of amides is 1. The number of carbonyl (C=O) groups excluding carboxylic acids is 1. The van der Waals surface area contributed by atoms with Crippen molar-refractivity contribution in [3.05, 3.63) is 117 Å². The third kappa shape index (κ3) is 6.22. The van der Waals surface area contributed by atoms with Gasteiger partial charge in [0.05, 0.1) is 5.69 Å². The Balaban J connectivity index is 1.60. The van der Waals surface area contributed by atoms with Crippen molar-refractivity contribution in [2.45, 2.75) is 19.6 Å². The summed E-state index contributed by atoms with van der Waals surface area (Å²) in [5.74, 6) is -2.02. The molecule has 0 radical (unpaired) electrons. The summed E-state index contributed by atoms with van der Waals surface area (Å²) in [5.41, 5.74) is 6.93. The zero-order valence-corrected chi connectivity index (χ0v) is 20.7. The van der Waals surface area contributed by atoms with Crippen molar-refractivity contribution in [3.8, 4) is 11.3 Å². The van der Waals surface area contributed by atoms with E-state index in [1.165, 1.54) is 4.57 Å². The second-order valence-electron chi connectivity index (χ2n) is 8.33. The minimum atomic E-state index is -0.661. The molecule has 1 amide bonds. The number of rotatable bonds is 9. The molecule has 38 heavy (non-hydrogen) atoms. The number of nitrogens with zero attached hydrogens (tertiary/aromatic N) is 2. The summed E-state index contributed by atoms with van der Waals surface area (Å²) in [7, 11) is 0. The molecule has 5 N–H and O–H groups in total. The second-order valence-corrected chi connectivity index (χ2v) is 8.69. The SMILES string of the molecule is N=C(N)c1ccc(CNC(=O)Cn2c(-c3ccccc3)c(Cl)nc(NCc3cc(F)ccc3F)c2=O)cc1. The molecule has 0 fully saturated rings. The maximum Gasteiger partial charge on any atom is 0.294 e. The Morgan fingerprint density at radius 1 is 1.03 bits per heavy atom. The van der Waals surface area contributed by atoms with Gasteiger partial charge in [0.2, 0.25) is 5.91 Å². The van der Waals surface area contributed by atoms with Crippen LogP contribution in [0.5, 0.6) is 0 Å². The zero-order valence-electron chi connectivity index (χ0n) is 20.0. The molecular weight excluding hydrogens is 514 g/mol. The molecule has 8 nitrogen and oxygen atoms in total. The number of hydrogen-bond donors (Lipinski definition) is 4. The maximum absolute atomic E-state index is 14.1. The van der Waals surface area contributed by atoms with E-state index >= 15 is 0 Å². The molecule has 0 saturated heterocycles. The fraction of sp³-hybridized carbons (Fsp3) is 0.111. The largest absolute Gasteiger partial charge is 0.384 e. The van der Waals surface area contributed by atoms with E-state index in [2.05, 4.69) is 15.6 Å². The predicted octanol–water partition coefficient (Wildman–Crippen LogP) is 4.05. The van der Waals surface area contributed by atoms with E-state index in [9.17, 15) is 18.4 Å². The van der Waals surface area contributed by atoms with Crippen LogP contribution in [0.15, 0.2) is 77.6 Å². The molecule has 3 aromatic carbocycles. The highest BCUT2D eigenvalue weighted by atomic mass is 35.5. The molecule has 1 aromatic heterocycles. The number of aromatic nitrogens is 2. The highest BCUT2D eigenvalue weighted by Gasteiger charge is 2.19. The fourth-order valence-electron chi connectivity index (χ4n) is 3.74. The highest BCUT2D eigenvalue weighted by molar-refractivity contribution is 6.32. The van der Waals surface area contributed by atoms with E-state index in [0.29, 0.717) is 11.1 Å². The summed E-state index contributed by atoms with van der Waals surface area (Å²) >= 11 is 6.47. The number of hydrogen-bond acceptors (Lipinski definition) is 5. The molecule has 0 aliphatic heterocycles. The van der Waals surface area contributed by atoms with Crippen LogP contribution in [0, 0.1) is 17.0 Å². The third-order valence-electron chi connectivity index (χ3n) is 5.68. The Morgan fingerprint density at radius 2 is 1.74 bits per heavy atom. The number of nitrogen functional groups attached to an aromatic ring is 1. The first-order valence-corrected chi connectivity index (χ1v) is 11.8. The maximum atomic E-state index is 14.1. The molecule has 0 saturated carbocycles. The fourth-order valence-corrected chi connectivity index (χ4v) is 4.03. The van der Waals surface area contributed by atoms with Crippen molar-refractivity contribution in [3.63, 3.8) is 0 Å². The van der Waals surface area contributed by atoms with Crippen molar-refractivity contribution in [1.29, 1.82) is 5.41 Å². The lowest BCUT2D eigenvalue weighted by molar-refractivity contribution is -0.121. The Morgan fingerprint density at radius 3 is 2.42 bits per heavy atom. The molecule has 0 aliphatic rings. The van der Waals surface area contributed by atoms with Gasteiger partial charge in [-0.25, -0.2) is 13.8 Å². The van der Waals surface area contributed by atoms with Gasteiger partial charge in [0.1, 0.15) is 24.0 Å². The smallest absolute Gasteiger partial charge is 0.294 e. The number of anilines is 1. The van der Waals surface area contributed by atoms with Gasteiger partial charge in [-0.3, -0.25) is 19.6 Å². The summed E-state index contributed by atoms with van der Waals surface area (Å²) in [4.78, 5) is 30.4. The van der Waals surface area contributed by atoms with Gasteiger partial charge in [0.25, 0.3) is 5.56 Å². The van der Waals surface area contributed by atoms with Crippen molar-refractivity contribution in [1.82, 2.24) is 14.9 Å². The van der Waals surface area contributed by atoms with Crippen LogP contribution in [0.25, 0.3) is 11.3 Å². The number of benzene rings is 3. The predicted molar refractivity (Wildman–Crippen MR) is 142 cm³/mol. The van der Waals surface area contributed by atoms with E-state index in [1.807, 2.05) is 0 Å². The topological polar surface area (TPSA) is 126 Å². The first-order chi connectivity index (χ1) is 18.2. The number of halogens is 3. The van der Waals surface area contributed by atoms with E-state index < -0.39 is 23.1 Å². The van der Waals surface area contributed by atoms with Gasteiger partial charge in [-0.05, 0) is 23.8 Å². The standard InChI is InChI=1S/C27H23ClF2N6O2/c28-24-23(17-4-2-1-3-5-17)36(15-22(37)33-13-16-6-8-18(9-7-16)25(31)32)27(38)26(35-24)34-14-19-12-20(29)10-11-21(19)30/h1-12H,13-15H2,(H3,31,32)(H,33,37)(H,34,35). The van der Waals surface area contributed by atoms with Crippen LogP contribution < -0.4 is 21.9 Å². The van der Waals surface area contributed by atoms with Crippen LogP contribution in [0.1, 0.15) is 16.7 Å². The van der Waals surface area contributed by atoms with Crippen molar-refractivity contribution >= 4 is 29.2 Å². The van der Waals surface area contributed by atoms with Crippen LogP contribution in [-0.4, -0.2) is 21.3 Å². The molecule has 0 atom stereocenters. The first-order valence-electron chi connectivity index (χ1n) is 11.5. The highest BCUT2D eigenvalue weighted by Crippen LogP contribution is 2.26. The second kappa shape index (κ2) is 11.7. The van der Waals surface area contributed by atoms with Crippen LogP contribution >= 0.6 is 11.6 Å². The Kier molecular flexibility index (Phi) is 8.12. The lowest BCUT2D eigenvalue weighted by Crippen LogP contribution is -2.34. The molecule has 194 valence electrons. The lowest BCUT2D eigenvalue weighted by Gasteiger charge is -2.17. The lowest BCUT2D eigenvalue weighted by atomic mass is 10.1. The van der Waals surface area contributed by atoms with Gasteiger partial charge in [0.15, 0.2) is 11.0 Å². The van der Waals surface area contributed by atoms with Crippen LogP contribution in [-0.2, 0) is 24.4 Å². The summed E-state index contributed by atoms with van der Waals surface area (Å²) in [5, 5.41) is 12.9. The first kappa shape index (κ1) is 26.5. The molecule has 0 unspecified atom stereocenters. The average molecular weight is 537 g/mol. The minimum Gasteiger partial charge on any atom is -0.384 e. The van der Waals surface area contributed by atoms with Crippen LogP contribution in [0.3, 0.4) is 0 Å². The third-order valence-corrected chi connectivity index (χ3v) is 5.94. The quantitative estimate of drug-likeness (QED) is 0.190. The van der Waals surface area contributed by atoms with Crippen molar-refractivity contribution in [2.24, 2.45) is 5.73 Å². The molecule has 4 rings (SSSR count). The minimum absolute atomic E-state index is 0.00505. The Labute approximate surface area is 221 Å². The number of nitrogens with two attached hydrogens (primary N) is 1. The monoisotopic (exact) mass is 536 g/mol. The average Bonchev–Trinajstić information content (AvgIpc) is 2.91. The number of carbonyl (C=O) groups is 1. The summed E-state index contributed by atoms with van der Waals surface area (Å²) in [6, 6.07) is 18.5. The Hall–Kier alpha value is -4.57. The zero-order chi connectivity index (χ0) is 27.2. The molecule has 4 aromatic rings. The van der Waals surface area contributed by atoms with Gasteiger partial charge >= 0.3 is 0 Å². The normalized spacial score (nSPS) is 10.7. The van der Waals surface area contributed by atoms with Gasteiger partial charge in [-0.15, -0.1) is 0 Å². The number of nitrogens with one attached hydrogen (secondary N) is 3. The Bertz CT molecular complexity index is 1540. The van der Waals surface area contributed by atoms with Crippen LogP contribution in [0.4, 0.5) is 14.6 Å². The number of amidine groups is 1. The molecular formula is C27H23ClF2N6O2. The molecule has 0 bridgehead atoms. The van der Waals surface area contributed by atoms with Gasteiger partial charge in [-0.2, -0.15) is 0 Å². The van der Waals surface area contributed by atoms with E-state index in [0.717, 1.165) is 23.8 Å². The van der Waals surface area contributed by atoms with E-state index in [-0.39, 0.29) is 47.7 Å². The van der Waals surface area contributed by atoms with Crippen LogP contribution in [0.2, 0.25) is 5.15 Å². The van der Waals surface area contributed by atoms with E-state index in [1.54, 1.807) is 54.6 Å². The van der Waals surface area contributed by atoms with E-state index in [4.69, 9.17) is 22.7 Å². The molecule has 1 heterocycles. The summed E-state index contributed by atoms with van der Waals surface area (Å²) < 4.78 is 28.8. The van der Waals surface area contributed by atoms with Gasteiger partial charge in [-0.1, -0.05) is 66.2 Å². The summed E-state index contributed by atoms with van der Waals surface area (Å²) in [6.07, 6.45) is 0. The van der Waals surface area contributed by atoms with Crippen molar-refractivity contribution < 1.29 is 13.6 Å². The molecule has 11 heteroatoms. The summed E-state index contributed by atoms with van der Waals surface area (Å²) in [6.45, 7) is -0.426. The van der Waals surface area contributed by atoms with Gasteiger partial charge in [0, 0.05) is 29.8 Å².